The monoisotopic (exact) mass is 304 g/mol. The fraction of sp³-hybridized carbons (Fsp3) is 0.190. The third kappa shape index (κ3) is 4.05. The first-order valence-corrected chi connectivity index (χ1v) is 7.90. The molecule has 0 saturated heterocycles. The Labute approximate surface area is 136 Å². The Balaban J connectivity index is 1.63. The van der Waals surface area contributed by atoms with Gasteiger partial charge < -0.3 is 9.53 Å². The molecule has 0 bridgehead atoms. The third-order valence-corrected chi connectivity index (χ3v) is 4.00. The molecule has 0 spiro atoms. The van der Waals surface area contributed by atoms with Gasteiger partial charge in [-0.05, 0) is 28.3 Å². The molecule has 0 fully saturated rings. The molecule has 23 heavy (non-hydrogen) atoms. The highest BCUT2D eigenvalue weighted by atomic mass is 16.5. The zero-order valence-corrected chi connectivity index (χ0v) is 13.0. The summed E-state index contributed by atoms with van der Waals surface area (Å²) in [7, 11) is 0. The highest BCUT2D eigenvalue weighted by molar-refractivity contribution is 5.85. The number of hydrogen-bond donors (Lipinski definition) is 0. The van der Waals surface area contributed by atoms with Gasteiger partial charge in [0.25, 0.3) is 0 Å². The van der Waals surface area contributed by atoms with Gasteiger partial charge in [0.05, 0.1) is 13.2 Å². The Hall–Kier alpha value is -2.45. The first-order valence-electron chi connectivity index (χ1n) is 7.90. The summed E-state index contributed by atoms with van der Waals surface area (Å²) in [5.74, 6) is -0.121. The fourth-order valence-corrected chi connectivity index (χ4v) is 2.80. The molecule has 0 aliphatic heterocycles. The largest absolute Gasteiger partial charge is 0.376 e. The van der Waals surface area contributed by atoms with Crippen molar-refractivity contribution >= 4 is 17.1 Å². The quantitative estimate of drug-likeness (QED) is 0.604. The van der Waals surface area contributed by atoms with Crippen molar-refractivity contribution in [2.24, 2.45) is 5.92 Å². The van der Waals surface area contributed by atoms with Gasteiger partial charge in [-0.1, -0.05) is 72.8 Å². The Morgan fingerprint density at radius 1 is 0.870 bits per heavy atom. The van der Waals surface area contributed by atoms with Gasteiger partial charge in [0.1, 0.15) is 6.29 Å². The number of aldehydes is 1. The molecule has 3 aromatic carbocycles. The van der Waals surface area contributed by atoms with Crippen molar-refractivity contribution in [2.75, 3.05) is 6.61 Å². The summed E-state index contributed by atoms with van der Waals surface area (Å²) in [6.45, 7) is 0.988. The minimum Gasteiger partial charge on any atom is -0.376 e. The van der Waals surface area contributed by atoms with Crippen LogP contribution >= 0.6 is 0 Å². The van der Waals surface area contributed by atoms with Crippen LogP contribution in [-0.2, 0) is 22.6 Å². The molecule has 0 unspecified atom stereocenters. The Morgan fingerprint density at radius 3 is 2.43 bits per heavy atom. The molecule has 1 atom stereocenters. The van der Waals surface area contributed by atoms with Gasteiger partial charge in [-0.2, -0.15) is 0 Å². The summed E-state index contributed by atoms with van der Waals surface area (Å²) in [5, 5.41) is 2.42. The van der Waals surface area contributed by atoms with Crippen LogP contribution in [-0.4, -0.2) is 12.9 Å². The molecule has 0 N–H and O–H groups in total. The smallest absolute Gasteiger partial charge is 0.125 e. The molecule has 0 amide bonds. The van der Waals surface area contributed by atoms with Crippen LogP contribution in [0, 0.1) is 5.92 Å². The van der Waals surface area contributed by atoms with Crippen LogP contribution in [0.15, 0.2) is 72.8 Å². The van der Waals surface area contributed by atoms with Crippen molar-refractivity contribution in [2.45, 2.75) is 13.0 Å². The zero-order valence-electron chi connectivity index (χ0n) is 13.0. The van der Waals surface area contributed by atoms with Gasteiger partial charge in [0.15, 0.2) is 0 Å². The maximum Gasteiger partial charge on any atom is 0.125 e. The van der Waals surface area contributed by atoms with Gasteiger partial charge in [-0.25, -0.2) is 0 Å². The van der Waals surface area contributed by atoms with Gasteiger partial charge >= 0.3 is 0 Å². The van der Waals surface area contributed by atoms with Gasteiger partial charge in [0.2, 0.25) is 0 Å². The van der Waals surface area contributed by atoms with Crippen LogP contribution < -0.4 is 0 Å². The predicted molar refractivity (Wildman–Crippen MR) is 93.3 cm³/mol. The topological polar surface area (TPSA) is 26.3 Å². The second kappa shape index (κ2) is 7.70. The molecule has 116 valence electrons. The van der Waals surface area contributed by atoms with Crippen molar-refractivity contribution in [3.05, 3.63) is 83.9 Å². The number of carbonyl (C=O) groups excluding carboxylic acids is 1. The van der Waals surface area contributed by atoms with E-state index >= 15 is 0 Å². The number of benzene rings is 3. The molecule has 0 aliphatic carbocycles. The van der Waals surface area contributed by atoms with E-state index < -0.39 is 0 Å². The van der Waals surface area contributed by atoms with E-state index in [1.807, 2.05) is 48.5 Å². The van der Waals surface area contributed by atoms with Crippen LogP contribution in [0.3, 0.4) is 0 Å². The third-order valence-electron chi connectivity index (χ3n) is 4.00. The Bertz CT molecular complexity index is 760. The van der Waals surface area contributed by atoms with Crippen molar-refractivity contribution in [3.8, 4) is 0 Å². The highest BCUT2D eigenvalue weighted by Crippen LogP contribution is 2.21. The zero-order chi connectivity index (χ0) is 15.9. The van der Waals surface area contributed by atoms with E-state index in [0.717, 1.165) is 11.8 Å². The molecule has 0 aliphatic rings. The number of fused-ring (bicyclic) bond motifs is 1. The SMILES string of the molecule is O=C[C@@H](COCc1ccccc1)Cc1cccc2ccccc12. The van der Waals surface area contributed by atoms with E-state index in [-0.39, 0.29) is 5.92 Å². The second-order valence-corrected chi connectivity index (χ2v) is 5.74. The van der Waals surface area contributed by atoms with E-state index in [9.17, 15) is 4.79 Å². The van der Waals surface area contributed by atoms with E-state index in [0.29, 0.717) is 19.6 Å². The van der Waals surface area contributed by atoms with Crippen molar-refractivity contribution in [1.29, 1.82) is 0 Å². The van der Waals surface area contributed by atoms with Crippen molar-refractivity contribution in [3.63, 3.8) is 0 Å². The molecule has 3 aromatic rings. The average molecular weight is 304 g/mol. The van der Waals surface area contributed by atoms with Gasteiger partial charge in [-0.15, -0.1) is 0 Å². The van der Waals surface area contributed by atoms with E-state index in [4.69, 9.17) is 4.74 Å². The number of carbonyl (C=O) groups is 1. The minimum absolute atomic E-state index is 0.121. The van der Waals surface area contributed by atoms with E-state index in [1.54, 1.807) is 0 Å². The maximum absolute atomic E-state index is 11.4. The molecule has 3 rings (SSSR count). The van der Waals surface area contributed by atoms with E-state index in [1.165, 1.54) is 16.3 Å². The summed E-state index contributed by atoms with van der Waals surface area (Å²) in [6.07, 6.45) is 1.71. The lowest BCUT2D eigenvalue weighted by Gasteiger charge is -2.13. The van der Waals surface area contributed by atoms with Crippen LogP contribution in [0.1, 0.15) is 11.1 Å². The minimum atomic E-state index is -0.121. The fourth-order valence-electron chi connectivity index (χ4n) is 2.80. The molecular formula is C21H20O2. The predicted octanol–water partition coefficient (Wildman–Crippen LogP) is 4.41. The van der Waals surface area contributed by atoms with E-state index in [2.05, 4.69) is 24.3 Å². The standard InChI is InChI=1S/C21H20O2/c22-14-18(16-23-15-17-7-2-1-3-8-17)13-20-11-6-10-19-9-4-5-12-21(19)20/h1-12,14,18H,13,15-16H2/t18-/m0/s1. The van der Waals surface area contributed by atoms with Gasteiger partial charge in [0, 0.05) is 5.92 Å². The lowest BCUT2D eigenvalue weighted by Crippen LogP contribution is -2.14. The normalized spacial score (nSPS) is 12.2. The summed E-state index contributed by atoms with van der Waals surface area (Å²) in [6, 6.07) is 24.5. The number of hydrogen-bond acceptors (Lipinski definition) is 2. The van der Waals surface area contributed by atoms with Crippen LogP contribution in [0.25, 0.3) is 10.8 Å². The summed E-state index contributed by atoms with van der Waals surface area (Å²) in [5.41, 5.74) is 2.32. The first kappa shape index (κ1) is 15.4. The molecular weight excluding hydrogens is 284 g/mol. The van der Waals surface area contributed by atoms with Gasteiger partial charge in [-0.3, -0.25) is 0 Å². The highest BCUT2D eigenvalue weighted by Gasteiger charge is 2.11. The van der Waals surface area contributed by atoms with Crippen molar-refractivity contribution in [1.82, 2.24) is 0 Å². The molecule has 0 radical (unpaired) electrons. The molecule has 2 nitrogen and oxygen atoms in total. The van der Waals surface area contributed by atoms with Crippen molar-refractivity contribution < 1.29 is 9.53 Å². The maximum atomic E-state index is 11.4. The first-order chi connectivity index (χ1) is 11.4. The Kier molecular flexibility index (Phi) is 5.17. The Morgan fingerprint density at radius 2 is 1.61 bits per heavy atom. The summed E-state index contributed by atoms with van der Waals surface area (Å²) in [4.78, 5) is 11.4. The lowest BCUT2D eigenvalue weighted by atomic mass is 9.96. The van der Waals surface area contributed by atoms with Crippen LogP contribution in [0.4, 0.5) is 0 Å². The van der Waals surface area contributed by atoms with Crippen LogP contribution in [0.5, 0.6) is 0 Å². The summed E-state index contributed by atoms with van der Waals surface area (Å²) < 4.78 is 5.73. The molecule has 2 heteroatoms. The molecule has 0 aromatic heterocycles. The molecule has 0 saturated carbocycles. The average Bonchev–Trinajstić information content (AvgIpc) is 2.62. The number of rotatable bonds is 7. The summed E-state index contributed by atoms with van der Waals surface area (Å²) >= 11 is 0. The number of ether oxygens (including phenoxy) is 1. The lowest BCUT2D eigenvalue weighted by molar-refractivity contribution is -0.113. The molecule has 0 heterocycles. The second-order valence-electron chi connectivity index (χ2n) is 5.74. The van der Waals surface area contributed by atoms with Crippen LogP contribution in [0.2, 0.25) is 0 Å².